The molecule has 1 saturated heterocycles. The number of para-hydroxylation sites is 1. The molecule has 1 aliphatic heterocycles. The van der Waals surface area contributed by atoms with Gasteiger partial charge in [-0.2, -0.15) is 0 Å². The summed E-state index contributed by atoms with van der Waals surface area (Å²) in [4.78, 5) is 38.4. The van der Waals surface area contributed by atoms with E-state index in [0.29, 0.717) is 28.6 Å². The highest BCUT2D eigenvalue weighted by Crippen LogP contribution is 2.35. The van der Waals surface area contributed by atoms with Crippen molar-refractivity contribution in [2.24, 2.45) is 0 Å². The van der Waals surface area contributed by atoms with E-state index in [4.69, 9.17) is 16.3 Å². The number of hydrogen-bond acceptors (Lipinski definition) is 5. The van der Waals surface area contributed by atoms with Crippen LogP contribution in [0.25, 0.3) is 6.08 Å². The molecule has 3 amide bonds. The molecule has 1 fully saturated rings. The molecule has 0 spiro atoms. The average Bonchev–Trinajstić information content (AvgIpc) is 2.93. The molecular formula is C20H16BrClN2O4S. The van der Waals surface area contributed by atoms with Crippen LogP contribution in [0.15, 0.2) is 51.8 Å². The van der Waals surface area contributed by atoms with E-state index in [9.17, 15) is 14.4 Å². The highest BCUT2D eigenvalue weighted by atomic mass is 79.9. The molecule has 0 bridgehead atoms. The first-order valence-corrected chi connectivity index (χ1v) is 10.6. The number of carbonyl (C=O) groups excluding carboxylic acids is 3. The molecule has 0 unspecified atom stereocenters. The molecule has 2 aromatic rings. The molecule has 150 valence electrons. The van der Waals surface area contributed by atoms with Crippen molar-refractivity contribution >= 4 is 68.1 Å². The second-order valence-electron chi connectivity index (χ2n) is 5.91. The van der Waals surface area contributed by atoms with Crippen molar-refractivity contribution in [3.63, 3.8) is 0 Å². The zero-order valence-corrected chi connectivity index (χ0v) is 18.4. The quantitative estimate of drug-likeness (QED) is 0.559. The molecule has 29 heavy (non-hydrogen) atoms. The molecule has 6 nitrogen and oxygen atoms in total. The summed E-state index contributed by atoms with van der Waals surface area (Å²) >= 11 is 10.2. The van der Waals surface area contributed by atoms with Gasteiger partial charge in [0.2, 0.25) is 5.91 Å². The molecule has 3 rings (SSSR count). The number of anilines is 1. The number of thioether (sulfide) groups is 1. The van der Waals surface area contributed by atoms with Gasteiger partial charge in [-0.3, -0.25) is 19.3 Å². The fraction of sp³-hybridized carbons (Fsp3) is 0.150. The molecule has 0 saturated carbocycles. The Labute approximate surface area is 185 Å². The Morgan fingerprint density at radius 2 is 2.03 bits per heavy atom. The third-order valence-corrected chi connectivity index (χ3v) is 5.61. The van der Waals surface area contributed by atoms with Gasteiger partial charge in [0.15, 0.2) is 0 Å². The summed E-state index contributed by atoms with van der Waals surface area (Å²) in [5, 5.41) is 2.46. The molecule has 2 aromatic carbocycles. The minimum atomic E-state index is -0.531. The Kier molecular flexibility index (Phi) is 7.00. The largest absolute Gasteiger partial charge is 0.493 e. The van der Waals surface area contributed by atoms with Crippen molar-refractivity contribution in [3.8, 4) is 5.75 Å². The number of nitrogens with one attached hydrogen (secondary N) is 1. The molecule has 1 heterocycles. The fourth-order valence-electron chi connectivity index (χ4n) is 2.59. The number of hydrogen-bond donors (Lipinski definition) is 1. The summed E-state index contributed by atoms with van der Waals surface area (Å²) in [7, 11) is 0. The molecule has 0 radical (unpaired) electrons. The maximum Gasteiger partial charge on any atom is 0.294 e. The second kappa shape index (κ2) is 9.47. The van der Waals surface area contributed by atoms with E-state index in [1.165, 1.54) is 0 Å². The molecule has 0 atom stereocenters. The van der Waals surface area contributed by atoms with Gasteiger partial charge in [0.05, 0.1) is 22.2 Å². The first kappa shape index (κ1) is 21.4. The van der Waals surface area contributed by atoms with Gasteiger partial charge in [0.25, 0.3) is 11.1 Å². The van der Waals surface area contributed by atoms with E-state index in [2.05, 4.69) is 21.2 Å². The van der Waals surface area contributed by atoms with Gasteiger partial charge >= 0.3 is 0 Å². The molecule has 1 aliphatic rings. The lowest BCUT2D eigenvalue weighted by molar-refractivity contribution is -0.127. The Bertz CT molecular complexity index is 1010. The van der Waals surface area contributed by atoms with Crippen LogP contribution in [-0.4, -0.2) is 35.1 Å². The first-order valence-electron chi connectivity index (χ1n) is 8.61. The number of carbonyl (C=O) groups is 3. The van der Waals surface area contributed by atoms with Gasteiger partial charge < -0.3 is 10.1 Å². The van der Waals surface area contributed by atoms with Crippen LogP contribution in [0.3, 0.4) is 0 Å². The van der Waals surface area contributed by atoms with Crippen LogP contribution < -0.4 is 10.1 Å². The Morgan fingerprint density at radius 3 is 2.76 bits per heavy atom. The van der Waals surface area contributed by atoms with Gasteiger partial charge in [0.1, 0.15) is 12.3 Å². The van der Waals surface area contributed by atoms with Crippen LogP contribution in [0, 0.1) is 0 Å². The van der Waals surface area contributed by atoms with Crippen LogP contribution in [0.5, 0.6) is 5.75 Å². The number of nitrogens with zero attached hydrogens (tertiary/aromatic N) is 1. The first-order chi connectivity index (χ1) is 13.9. The van der Waals surface area contributed by atoms with Gasteiger partial charge in [-0.1, -0.05) is 39.7 Å². The fourth-order valence-corrected chi connectivity index (χ4v) is 3.98. The van der Waals surface area contributed by atoms with Crippen molar-refractivity contribution in [2.45, 2.75) is 6.92 Å². The summed E-state index contributed by atoms with van der Waals surface area (Å²) in [5.74, 6) is -0.449. The number of ether oxygens (including phenoxy) is 1. The van der Waals surface area contributed by atoms with Crippen molar-refractivity contribution in [2.75, 3.05) is 18.5 Å². The predicted molar refractivity (Wildman–Crippen MR) is 118 cm³/mol. The van der Waals surface area contributed by atoms with E-state index in [0.717, 1.165) is 21.1 Å². The Morgan fingerprint density at radius 1 is 1.28 bits per heavy atom. The van der Waals surface area contributed by atoms with Crippen molar-refractivity contribution < 1.29 is 19.1 Å². The van der Waals surface area contributed by atoms with Crippen molar-refractivity contribution in [1.82, 2.24) is 4.90 Å². The van der Waals surface area contributed by atoms with Crippen LogP contribution in [0.4, 0.5) is 10.5 Å². The zero-order chi connectivity index (χ0) is 21.0. The minimum Gasteiger partial charge on any atom is -0.493 e. The summed E-state index contributed by atoms with van der Waals surface area (Å²) < 4.78 is 6.38. The van der Waals surface area contributed by atoms with Gasteiger partial charge in [-0.15, -0.1) is 0 Å². The van der Waals surface area contributed by atoms with Crippen LogP contribution >= 0.6 is 39.3 Å². The molecule has 0 aliphatic carbocycles. The smallest absolute Gasteiger partial charge is 0.294 e. The second-order valence-corrected chi connectivity index (χ2v) is 8.23. The predicted octanol–water partition coefficient (Wildman–Crippen LogP) is 5.18. The van der Waals surface area contributed by atoms with E-state index in [-0.39, 0.29) is 4.91 Å². The lowest BCUT2D eigenvalue weighted by Gasteiger charge is -2.13. The van der Waals surface area contributed by atoms with E-state index in [1.54, 1.807) is 42.5 Å². The number of imide groups is 1. The van der Waals surface area contributed by atoms with Crippen molar-refractivity contribution in [1.29, 1.82) is 0 Å². The van der Waals surface area contributed by atoms with Crippen LogP contribution in [0.2, 0.25) is 5.02 Å². The Hall–Kier alpha value is -2.29. The van der Waals surface area contributed by atoms with Gasteiger partial charge in [0, 0.05) is 10.0 Å². The van der Waals surface area contributed by atoms with Gasteiger partial charge in [-0.25, -0.2) is 0 Å². The summed E-state index contributed by atoms with van der Waals surface area (Å²) in [6.07, 6.45) is 1.59. The number of rotatable bonds is 6. The topological polar surface area (TPSA) is 75.7 Å². The Balaban J connectivity index is 1.76. The standard InChI is InChI=1S/C20H16BrClN2O4S/c1-2-28-16-8-7-13(21)9-12(16)10-17-19(26)24(20(27)29-17)11-18(25)23-15-6-4-3-5-14(15)22/h3-10H,2,11H2,1H3,(H,23,25)/b17-10+. The lowest BCUT2D eigenvalue weighted by atomic mass is 10.2. The molecule has 0 aromatic heterocycles. The maximum absolute atomic E-state index is 12.7. The SMILES string of the molecule is CCOc1ccc(Br)cc1/C=C1/SC(=O)N(CC(=O)Nc2ccccc2Cl)C1=O. The van der Waals surface area contributed by atoms with Crippen LogP contribution in [0.1, 0.15) is 12.5 Å². The number of amides is 3. The number of halogens is 2. The monoisotopic (exact) mass is 494 g/mol. The normalized spacial score (nSPS) is 15.1. The average molecular weight is 496 g/mol. The molecular weight excluding hydrogens is 480 g/mol. The van der Waals surface area contributed by atoms with E-state index >= 15 is 0 Å². The number of benzene rings is 2. The third kappa shape index (κ3) is 5.20. The maximum atomic E-state index is 12.7. The molecule has 1 N–H and O–H groups in total. The molecule has 9 heteroatoms. The van der Waals surface area contributed by atoms with E-state index in [1.807, 2.05) is 13.0 Å². The highest BCUT2D eigenvalue weighted by Gasteiger charge is 2.36. The summed E-state index contributed by atoms with van der Waals surface area (Å²) in [5.41, 5.74) is 1.07. The highest BCUT2D eigenvalue weighted by molar-refractivity contribution is 9.10. The third-order valence-electron chi connectivity index (χ3n) is 3.88. The summed E-state index contributed by atoms with van der Waals surface area (Å²) in [6, 6.07) is 12.1. The summed E-state index contributed by atoms with van der Waals surface area (Å²) in [6.45, 7) is 1.92. The van der Waals surface area contributed by atoms with Gasteiger partial charge in [-0.05, 0) is 55.1 Å². The minimum absolute atomic E-state index is 0.222. The van der Waals surface area contributed by atoms with E-state index < -0.39 is 23.6 Å². The van der Waals surface area contributed by atoms with Crippen molar-refractivity contribution in [3.05, 3.63) is 62.4 Å². The van der Waals surface area contributed by atoms with Crippen LogP contribution in [-0.2, 0) is 9.59 Å². The lowest BCUT2D eigenvalue weighted by Crippen LogP contribution is -2.36. The zero-order valence-electron chi connectivity index (χ0n) is 15.3.